The molecule has 1 aliphatic heterocycles. The summed E-state index contributed by atoms with van der Waals surface area (Å²) in [7, 11) is 0. The minimum absolute atomic E-state index is 0.103. The number of carbonyl (C=O) groups is 1. The number of rotatable bonds is 7. The Hall–Kier alpha value is -2.15. The van der Waals surface area contributed by atoms with E-state index in [-0.39, 0.29) is 17.2 Å². The topological polar surface area (TPSA) is 29.5 Å². The Kier molecular flexibility index (Phi) is 6.54. The van der Waals surface area contributed by atoms with Crippen molar-refractivity contribution in [1.29, 1.82) is 0 Å². The van der Waals surface area contributed by atoms with Crippen LogP contribution in [0.25, 0.3) is 0 Å². The summed E-state index contributed by atoms with van der Waals surface area (Å²) in [5, 5.41) is -0.707. The predicted octanol–water partition coefficient (Wildman–Crippen LogP) is 6.05. The average Bonchev–Trinajstić information content (AvgIpc) is 3.06. The minimum atomic E-state index is -4.47. The first-order valence-corrected chi connectivity index (χ1v) is 10.3. The molecule has 1 fully saturated rings. The highest BCUT2D eigenvalue weighted by Gasteiger charge is 2.40. The zero-order valence-electron chi connectivity index (χ0n) is 15.5. The van der Waals surface area contributed by atoms with Gasteiger partial charge in [-0.1, -0.05) is 38.0 Å². The number of amides is 1. The van der Waals surface area contributed by atoms with E-state index in [4.69, 9.17) is 4.74 Å². The molecule has 3 nitrogen and oxygen atoms in total. The van der Waals surface area contributed by atoms with E-state index in [1.807, 2.05) is 0 Å². The standard InChI is InChI=1S/C21H22F3NO2S/c1-2-3-6-13-27-16-11-9-15(10-12-16)25-19(26)14-28-20(25)17-7-4-5-8-18(17)21(22,23)24/h4-5,7-12,20H,2-3,6,13-14H2,1H3. The van der Waals surface area contributed by atoms with Crippen molar-refractivity contribution in [3.05, 3.63) is 59.7 Å². The molecule has 7 heteroatoms. The van der Waals surface area contributed by atoms with Gasteiger partial charge in [0, 0.05) is 5.69 Å². The highest BCUT2D eigenvalue weighted by atomic mass is 32.2. The van der Waals surface area contributed by atoms with Crippen molar-refractivity contribution >= 4 is 23.4 Å². The maximum absolute atomic E-state index is 13.4. The first kappa shape index (κ1) is 20.6. The van der Waals surface area contributed by atoms with E-state index in [9.17, 15) is 18.0 Å². The van der Waals surface area contributed by atoms with Gasteiger partial charge in [0.05, 0.1) is 17.9 Å². The van der Waals surface area contributed by atoms with Crippen molar-refractivity contribution in [3.63, 3.8) is 0 Å². The van der Waals surface area contributed by atoms with Crippen LogP contribution in [0.3, 0.4) is 0 Å². The zero-order chi connectivity index (χ0) is 20.1. The van der Waals surface area contributed by atoms with Crippen LogP contribution in [-0.4, -0.2) is 18.3 Å². The molecule has 2 aromatic rings. The Morgan fingerprint density at radius 3 is 2.50 bits per heavy atom. The number of hydrogen-bond acceptors (Lipinski definition) is 3. The van der Waals surface area contributed by atoms with Gasteiger partial charge in [0.1, 0.15) is 11.1 Å². The van der Waals surface area contributed by atoms with Crippen LogP contribution < -0.4 is 9.64 Å². The van der Waals surface area contributed by atoms with E-state index in [0.717, 1.165) is 25.3 Å². The van der Waals surface area contributed by atoms with Crippen LogP contribution in [0, 0.1) is 0 Å². The normalized spacial score (nSPS) is 17.2. The lowest BCUT2D eigenvalue weighted by molar-refractivity contribution is -0.138. The first-order chi connectivity index (χ1) is 13.4. The second kappa shape index (κ2) is 8.90. The third-order valence-corrected chi connectivity index (χ3v) is 5.73. The number of halogens is 3. The van der Waals surface area contributed by atoms with E-state index in [0.29, 0.717) is 18.0 Å². The van der Waals surface area contributed by atoms with Crippen LogP contribution in [0.15, 0.2) is 48.5 Å². The third kappa shape index (κ3) is 4.63. The molecule has 1 unspecified atom stereocenters. The Labute approximate surface area is 166 Å². The summed E-state index contributed by atoms with van der Waals surface area (Å²) in [5.41, 5.74) is -0.0355. The number of alkyl halides is 3. The molecule has 0 saturated carbocycles. The number of nitrogens with zero attached hydrogens (tertiary/aromatic N) is 1. The van der Waals surface area contributed by atoms with Crippen molar-refractivity contribution in [2.45, 2.75) is 37.7 Å². The molecule has 1 amide bonds. The number of ether oxygens (including phenoxy) is 1. The molecule has 1 aliphatic rings. The SMILES string of the molecule is CCCCCOc1ccc(N2C(=O)CSC2c2ccccc2C(F)(F)F)cc1. The summed E-state index contributed by atoms with van der Waals surface area (Å²) in [5.74, 6) is 0.626. The molecule has 3 rings (SSSR count). The number of unbranched alkanes of at least 4 members (excludes halogenated alkanes) is 2. The highest BCUT2D eigenvalue weighted by molar-refractivity contribution is 8.00. The smallest absolute Gasteiger partial charge is 0.416 e. The van der Waals surface area contributed by atoms with E-state index >= 15 is 0 Å². The van der Waals surface area contributed by atoms with Gasteiger partial charge in [0.15, 0.2) is 0 Å². The Morgan fingerprint density at radius 1 is 1.11 bits per heavy atom. The largest absolute Gasteiger partial charge is 0.494 e. The van der Waals surface area contributed by atoms with Crippen LogP contribution in [-0.2, 0) is 11.0 Å². The van der Waals surface area contributed by atoms with Crippen LogP contribution >= 0.6 is 11.8 Å². The van der Waals surface area contributed by atoms with Gasteiger partial charge in [-0.05, 0) is 42.3 Å². The molecule has 0 spiro atoms. The zero-order valence-corrected chi connectivity index (χ0v) is 16.4. The maximum Gasteiger partial charge on any atom is 0.416 e. The van der Waals surface area contributed by atoms with Gasteiger partial charge in [-0.25, -0.2) is 0 Å². The molecule has 1 saturated heterocycles. The molecule has 0 aromatic heterocycles. The molecule has 150 valence electrons. The quantitative estimate of drug-likeness (QED) is 0.521. The van der Waals surface area contributed by atoms with Crippen molar-refractivity contribution in [2.75, 3.05) is 17.3 Å². The van der Waals surface area contributed by atoms with Crippen molar-refractivity contribution < 1.29 is 22.7 Å². The first-order valence-electron chi connectivity index (χ1n) is 9.24. The lowest BCUT2D eigenvalue weighted by atomic mass is 10.1. The summed E-state index contributed by atoms with van der Waals surface area (Å²) in [6.07, 6.45) is -1.30. The number of benzene rings is 2. The lowest BCUT2D eigenvalue weighted by Crippen LogP contribution is -2.29. The summed E-state index contributed by atoms with van der Waals surface area (Å²) in [6.45, 7) is 2.74. The molecular formula is C21H22F3NO2S. The van der Waals surface area contributed by atoms with E-state index in [1.54, 1.807) is 30.3 Å². The Balaban J connectivity index is 1.82. The fourth-order valence-electron chi connectivity index (χ4n) is 3.15. The average molecular weight is 409 g/mol. The summed E-state index contributed by atoms with van der Waals surface area (Å²) in [4.78, 5) is 13.9. The fourth-order valence-corrected chi connectivity index (χ4v) is 4.36. The van der Waals surface area contributed by atoms with Gasteiger partial charge in [-0.2, -0.15) is 13.2 Å². The van der Waals surface area contributed by atoms with Gasteiger partial charge in [-0.15, -0.1) is 11.8 Å². The molecule has 0 radical (unpaired) electrons. The van der Waals surface area contributed by atoms with Gasteiger partial charge in [0.2, 0.25) is 5.91 Å². The van der Waals surface area contributed by atoms with Gasteiger partial charge < -0.3 is 4.74 Å². The Morgan fingerprint density at radius 2 is 1.82 bits per heavy atom. The summed E-state index contributed by atoms with van der Waals surface area (Å²) >= 11 is 1.21. The lowest BCUT2D eigenvalue weighted by Gasteiger charge is -2.26. The second-order valence-corrected chi connectivity index (χ2v) is 7.63. The highest BCUT2D eigenvalue weighted by Crippen LogP contribution is 2.46. The van der Waals surface area contributed by atoms with Gasteiger partial charge in [-0.3, -0.25) is 9.69 Å². The molecular weight excluding hydrogens is 387 g/mol. The van der Waals surface area contributed by atoms with Crippen molar-refractivity contribution in [3.8, 4) is 5.75 Å². The van der Waals surface area contributed by atoms with Crippen LogP contribution in [0.4, 0.5) is 18.9 Å². The number of thioether (sulfide) groups is 1. The molecule has 1 atom stereocenters. The fraction of sp³-hybridized carbons (Fsp3) is 0.381. The number of carbonyl (C=O) groups excluding carboxylic acids is 1. The van der Waals surface area contributed by atoms with E-state index < -0.39 is 17.1 Å². The van der Waals surface area contributed by atoms with Crippen LogP contribution in [0.1, 0.15) is 42.7 Å². The number of hydrogen-bond donors (Lipinski definition) is 0. The monoisotopic (exact) mass is 409 g/mol. The summed E-state index contributed by atoms with van der Waals surface area (Å²) in [6, 6.07) is 12.4. The second-order valence-electron chi connectivity index (χ2n) is 6.56. The minimum Gasteiger partial charge on any atom is -0.494 e. The summed E-state index contributed by atoms with van der Waals surface area (Å²) < 4.78 is 45.9. The van der Waals surface area contributed by atoms with Gasteiger partial charge >= 0.3 is 6.18 Å². The number of anilines is 1. The van der Waals surface area contributed by atoms with E-state index in [1.165, 1.54) is 28.8 Å². The van der Waals surface area contributed by atoms with Crippen molar-refractivity contribution in [2.24, 2.45) is 0 Å². The predicted molar refractivity (Wildman–Crippen MR) is 106 cm³/mol. The molecule has 0 N–H and O–H groups in total. The molecule has 0 bridgehead atoms. The van der Waals surface area contributed by atoms with Gasteiger partial charge in [0.25, 0.3) is 0 Å². The van der Waals surface area contributed by atoms with Crippen LogP contribution in [0.2, 0.25) is 0 Å². The van der Waals surface area contributed by atoms with Crippen LogP contribution in [0.5, 0.6) is 5.75 Å². The van der Waals surface area contributed by atoms with E-state index in [2.05, 4.69) is 6.92 Å². The van der Waals surface area contributed by atoms with Crippen molar-refractivity contribution in [1.82, 2.24) is 0 Å². The molecule has 1 heterocycles. The maximum atomic E-state index is 13.4. The Bertz CT molecular complexity index is 808. The molecule has 0 aliphatic carbocycles. The molecule has 2 aromatic carbocycles. The molecule has 28 heavy (non-hydrogen) atoms. The third-order valence-electron chi connectivity index (χ3n) is 4.53.